The molecule has 0 N–H and O–H groups in total. The van der Waals surface area contributed by atoms with Gasteiger partial charge in [0.2, 0.25) is 0 Å². The maximum absolute atomic E-state index is 11.9. The van der Waals surface area contributed by atoms with Gasteiger partial charge in [0.15, 0.2) is 0 Å². The summed E-state index contributed by atoms with van der Waals surface area (Å²) in [6, 6.07) is 0. The standard InChI is InChI=1S/C11H19O4P/c1-5-9-13-11(4)8-10-16(12,14-6-2)15-7-3/h5,11H,1,6-7,9H2,2-4H3. The van der Waals surface area contributed by atoms with Crippen molar-refractivity contribution >= 4 is 7.60 Å². The average Bonchev–Trinajstić information content (AvgIpc) is 2.24. The molecule has 1 atom stereocenters. The Kier molecular flexibility index (Phi) is 8.23. The van der Waals surface area contributed by atoms with Gasteiger partial charge in [0, 0.05) is 5.66 Å². The summed E-state index contributed by atoms with van der Waals surface area (Å²) in [7, 11) is -3.27. The first kappa shape index (κ1) is 15.4. The minimum Gasteiger partial charge on any atom is -0.362 e. The van der Waals surface area contributed by atoms with Gasteiger partial charge in [0.25, 0.3) is 0 Å². The highest BCUT2D eigenvalue weighted by molar-refractivity contribution is 7.59. The lowest BCUT2D eigenvalue weighted by atomic mass is 10.4. The van der Waals surface area contributed by atoms with Gasteiger partial charge in [-0.05, 0) is 20.8 Å². The van der Waals surface area contributed by atoms with Gasteiger partial charge >= 0.3 is 7.60 Å². The van der Waals surface area contributed by atoms with Crippen LogP contribution in [-0.2, 0) is 18.3 Å². The number of hydrogen-bond acceptors (Lipinski definition) is 4. The predicted molar refractivity (Wildman–Crippen MR) is 64.2 cm³/mol. The van der Waals surface area contributed by atoms with Crippen LogP contribution < -0.4 is 0 Å². The molecule has 92 valence electrons. The average molecular weight is 246 g/mol. The lowest BCUT2D eigenvalue weighted by Gasteiger charge is -2.10. The van der Waals surface area contributed by atoms with Crippen LogP contribution >= 0.6 is 7.60 Å². The van der Waals surface area contributed by atoms with Gasteiger partial charge in [0.05, 0.1) is 19.8 Å². The van der Waals surface area contributed by atoms with Gasteiger partial charge in [-0.25, -0.2) is 4.57 Å². The van der Waals surface area contributed by atoms with Crippen LogP contribution in [0.5, 0.6) is 0 Å². The van der Waals surface area contributed by atoms with E-state index in [-0.39, 0.29) is 6.10 Å². The molecule has 4 nitrogen and oxygen atoms in total. The molecule has 0 aromatic rings. The van der Waals surface area contributed by atoms with E-state index in [1.807, 2.05) is 0 Å². The Labute approximate surface area is 97.5 Å². The first-order valence-corrected chi connectivity index (χ1v) is 6.76. The predicted octanol–water partition coefficient (Wildman–Crippen LogP) is 2.80. The third-order valence-corrected chi connectivity index (χ3v) is 3.07. The molecular weight excluding hydrogens is 227 g/mol. The molecule has 0 aliphatic rings. The summed E-state index contributed by atoms with van der Waals surface area (Å²) in [5.74, 6) is 2.69. The summed E-state index contributed by atoms with van der Waals surface area (Å²) < 4.78 is 27.1. The van der Waals surface area contributed by atoms with Gasteiger partial charge in [-0.2, -0.15) is 0 Å². The molecule has 16 heavy (non-hydrogen) atoms. The second kappa shape index (κ2) is 8.55. The molecule has 0 aromatic carbocycles. The smallest absolute Gasteiger partial charge is 0.362 e. The van der Waals surface area contributed by atoms with E-state index in [1.54, 1.807) is 26.8 Å². The molecule has 0 bridgehead atoms. The van der Waals surface area contributed by atoms with Crippen molar-refractivity contribution in [1.82, 2.24) is 0 Å². The highest BCUT2D eigenvalue weighted by Crippen LogP contribution is 2.46. The number of rotatable bonds is 7. The SMILES string of the molecule is C=CCOC(C)C#CP(=O)(OCC)OCC. The monoisotopic (exact) mass is 246 g/mol. The van der Waals surface area contributed by atoms with Crippen molar-refractivity contribution in [2.75, 3.05) is 19.8 Å². The van der Waals surface area contributed by atoms with Crippen molar-refractivity contribution in [3.63, 3.8) is 0 Å². The fourth-order valence-corrected chi connectivity index (χ4v) is 2.09. The molecule has 0 amide bonds. The van der Waals surface area contributed by atoms with E-state index in [1.165, 1.54) is 0 Å². The van der Waals surface area contributed by atoms with Crippen LogP contribution in [-0.4, -0.2) is 25.9 Å². The Morgan fingerprint density at radius 1 is 1.38 bits per heavy atom. The minimum absolute atomic E-state index is 0.299. The van der Waals surface area contributed by atoms with Crippen LogP contribution in [0.25, 0.3) is 0 Å². The molecule has 0 saturated heterocycles. The van der Waals surface area contributed by atoms with Gasteiger partial charge in [-0.1, -0.05) is 12.0 Å². The molecule has 5 heteroatoms. The largest absolute Gasteiger partial charge is 0.405 e. The van der Waals surface area contributed by atoms with Gasteiger partial charge in [0.1, 0.15) is 6.10 Å². The highest BCUT2D eigenvalue weighted by atomic mass is 31.2. The lowest BCUT2D eigenvalue weighted by molar-refractivity contribution is 0.130. The third kappa shape index (κ3) is 6.81. The third-order valence-electron chi connectivity index (χ3n) is 1.47. The van der Waals surface area contributed by atoms with Crippen molar-refractivity contribution in [1.29, 1.82) is 0 Å². The molecule has 0 radical (unpaired) electrons. The second-order valence-electron chi connectivity index (χ2n) is 2.85. The molecule has 0 rings (SSSR count). The Morgan fingerprint density at radius 2 is 1.94 bits per heavy atom. The number of ether oxygens (including phenoxy) is 1. The van der Waals surface area contributed by atoms with Crippen molar-refractivity contribution in [3.8, 4) is 11.6 Å². The summed E-state index contributed by atoms with van der Waals surface area (Å²) >= 11 is 0. The molecule has 0 fully saturated rings. The van der Waals surface area contributed by atoms with E-state index >= 15 is 0 Å². The molecule has 0 aliphatic heterocycles. The van der Waals surface area contributed by atoms with Gasteiger partial charge in [-0.15, -0.1) is 6.58 Å². The summed E-state index contributed by atoms with van der Waals surface area (Å²) in [5, 5.41) is 0. The highest BCUT2D eigenvalue weighted by Gasteiger charge is 2.19. The van der Waals surface area contributed by atoms with Gasteiger partial charge < -0.3 is 4.74 Å². The van der Waals surface area contributed by atoms with E-state index in [4.69, 9.17) is 13.8 Å². The van der Waals surface area contributed by atoms with Gasteiger partial charge in [-0.3, -0.25) is 9.05 Å². The summed E-state index contributed by atoms with van der Waals surface area (Å²) in [6.45, 7) is 9.77. The normalized spacial score (nSPS) is 12.7. The fourth-order valence-electron chi connectivity index (χ4n) is 0.866. The zero-order valence-electron chi connectivity index (χ0n) is 10.1. The van der Waals surface area contributed by atoms with Crippen LogP contribution in [0, 0.1) is 11.6 Å². The summed E-state index contributed by atoms with van der Waals surface area (Å²) in [5.41, 5.74) is 2.51. The molecule has 0 aromatic heterocycles. The number of hydrogen-bond donors (Lipinski definition) is 0. The summed E-state index contributed by atoms with van der Waals surface area (Å²) in [4.78, 5) is 0. The molecule has 0 aliphatic carbocycles. The quantitative estimate of drug-likeness (QED) is 0.393. The first-order chi connectivity index (χ1) is 7.58. The maximum atomic E-state index is 11.9. The first-order valence-electron chi connectivity index (χ1n) is 5.22. The topological polar surface area (TPSA) is 44.8 Å². The van der Waals surface area contributed by atoms with Crippen LogP contribution in [0.1, 0.15) is 20.8 Å². The van der Waals surface area contributed by atoms with Crippen LogP contribution in [0.15, 0.2) is 12.7 Å². The van der Waals surface area contributed by atoms with E-state index in [0.29, 0.717) is 19.8 Å². The van der Waals surface area contributed by atoms with Crippen LogP contribution in [0.3, 0.4) is 0 Å². The Balaban J connectivity index is 4.43. The van der Waals surface area contributed by atoms with Crippen molar-refractivity contribution < 1.29 is 18.3 Å². The van der Waals surface area contributed by atoms with Crippen LogP contribution in [0.4, 0.5) is 0 Å². The van der Waals surface area contributed by atoms with E-state index in [9.17, 15) is 4.57 Å². The Hall–Kier alpha value is -0.590. The molecule has 1 unspecified atom stereocenters. The van der Waals surface area contributed by atoms with Crippen LogP contribution in [0.2, 0.25) is 0 Å². The Morgan fingerprint density at radius 3 is 2.38 bits per heavy atom. The molecular formula is C11H19O4P. The molecule has 0 heterocycles. The zero-order valence-corrected chi connectivity index (χ0v) is 11.0. The van der Waals surface area contributed by atoms with Crippen molar-refractivity contribution in [2.45, 2.75) is 26.9 Å². The minimum atomic E-state index is -3.27. The van der Waals surface area contributed by atoms with E-state index < -0.39 is 7.60 Å². The second-order valence-corrected chi connectivity index (χ2v) is 4.59. The molecule has 0 spiro atoms. The lowest BCUT2D eigenvalue weighted by Crippen LogP contribution is -2.05. The van der Waals surface area contributed by atoms with E-state index in [2.05, 4.69) is 18.2 Å². The fraction of sp³-hybridized carbons (Fsp3) is 0.636. The maximum Gasteiger partial charge on any atom is 0.405 e. The zero-order chi connectivity index (χ0) is 12.4. The van der Waals surface area contributed by atoms with Crippen molar-refractivity contribution in [2.24, 2.45) is 0 Å². The molecule has 0 saturated carbocycles. The van der Waals surface area contributed by atoms with Crippen molar-refractivity contribution in [3.05, 3.63) is 12.7 Å². The van der Waals surface area contributed by atoms with E-state index in [0.717, 1.165) is 0 Å². The Bertz CT molecular complexity index is 293. The summed E-state index contributed by atoms with van der Waals surface area (Å²) in [6.07, 6.45) is 1.30.